The van der Waals surface area contributed by atoms with Crippen molar-refractivity contribution in [3.05, 3.63) is 66.0 Å². The lowest BCUT2D eigenvalue weighted by molar-refractivity contribution is -0.134. The SMILES string of the molecule is O=C(C1CN(S(=O)(=O)c2ccccc2)CC1c1ccc(F)cc1)N1CCCC1. The van der Waals surface area contributed by atoms with Crippen molar-refractivity contribution in [3.63, 3.8) is 0 Å². The van der Waals surface area contributed by atoms with E-state index in [0.29, 0.717) is 0 Å². The van der Waals surface area contributed by atoms with E-state index in [9.17, 15) is 17.6 Å². The molecule has 4 rings (SSSR count). The molecule has 0 aromatic heterocycles. The van der Waals surface area contributed by atoms with Crippen LogP contribution in [0.2, 0.25) is 0 Å². The second-order valence-corrected chi connectivity index (χ2v) is 9.37. The Balaban J connectivity index is 1.66. The molecule has 2 aromatic rings. The van der Waals surface area contributed by atoms with Crippen molar-refractivity contribution in [2.45, 2.75) is 23.7 Å². The van der Waals surface area contributed by atoms with Gasteiger partial charge in [-0.05, 0) is 42.7 Å². The highest BCUT2D eigenvalue weighted by molar-refractivity contribution is 7.89. The van der Waals surface area contributed by atoms with Gasteiger partial charge in [0.25, 0.3) is 0 Å². The Hall–Kier alpha value is -2.25. The summed E-state index contributed by atoms with van der Waals surface area (Å²) in [5.74, 6) is -1.09. The number of benzene rings is 2. The number of halogens is 1. The number of likely N-dealkylation sites (tertiary alicyclic amines) is 1. The maximum Gasteiger partial charge on any atom is 0.243 e. The lowest BCUT2D eigenvalue weighted by atomic mass is 9.88. The van der Waals surface area contributed by atoms with Crippen LogP contribution in [0, 0.1) is 11.7 Å². The second kappa shape index (κ2) is 7.64. The van der Waals surface area contributed by atoms with E-state index < -0.39 is 15.9 Å². The molecule has 2 aliphatic heterocycles. The van der Waals surface area contributed by atoms with Crippen LogP contribution in [0.25, 0.3) is 0 Å². The number of carbonyl (C=O) groups is 1. The van der Waals surface area contributed by atoms with E-state index in [-0.39, 0.29) is 35.6 Å². The van der Waals surface area contributed by atoms with Crippen LogP contribution in [0.15, 0.2) is 59.5 Å². The summed E-state index contributed by atoms with van der Waals surface area (Å²) in [5.41, 5.74) is 0.796. The smallest absolute Gasteiger partial charge is 0.243 e. The largest absolute Gasteiger partial charge is 0.342 e. The summed E-state index contributed by atoms with van der Waals surface area (Å²) in [6.07, 6.45) is 1.96. The average Bonchev–Trinajstić information content (AvgIpc) is 3.39. The first-order valence-electron chi connectivity index (χ1n) is 9.56. The molecule has 0 aliphatic carbocycles. The zero-order valence-corrected chi connectivity index (χ0v) is 16.3. The van der Waals surface area contributed by atoms with Crippen LogP contribution < -0.4 is 0 Å². The van der Waals surface area contributed by atoms with Gasteiger partial charge in [-0.1, -0.05) is 30.3 Å². The van der Waals surface area contributed by atoms with Gasteiger partial charge in [0.2, 0.25) is 15.9 Å². The monoisotopic (exact) mass is 402 g/mol. The highest BCUT2D eigenvalue weighted by atomic mass is 32.2. The van der Waals surface area contributed by atoms with E-state index in [1.165, 1.54) is 16.4 Å². The maximum absolute atomic E-state index is 13.4. The Morgan fingerprint density at radius 1 is 0.929 bits per heavy atom. The highest BCUT2D eigenvalue weighted by Crippen LogP contribution is 2.37. The first-order valence-corrected chi connectivity index (χ1v) is 11.0. The summed E-state index contributed by atoms with van der Waals surface area (Å²) in [6, 6.07) is 14.3. The van der Waals surface area contributed by atoms with Gasteiger partial charge < -0.3 is 4.90 Å². The van der Waals surface area contributed by atoms with E-state index in [1.54, 1.807) is 42.5 Å². The summed E-state index contributed by atoms with van der Waals surface area (Å²) in [5, 5.41) is 0. The first kappa shape index (κ1) is 19.1. The number of hydrogen-bond acceptors (Lipinski definition) is 3. The summed E-state index contributed by atoms with van der Waals surface area (Å²) >= 11 is 0. The molecule has 5 nitrogen and oxygen atoms in total. The molecule has 2 fully saturated rings. The van der Waals surface area contributed by atoms with E-state index in [1.807, 2.05) is 4.90 Å². The molecule has 0 spiro atoms. The number of nitrogens with zero attached hydrogens (tertiary/aromatic N) is 2. The van der Waals surface area contributed by atoms with Crippen molar-refractivity contribution in [2.75, 3.05) is 26.2 Å². The minimum Gasteiger partial charge on any atom is -0.342 e. The molecule has 2 aliphatic rings. The molecule has 2 atom stereocenters. The van der Waals surface area contributed by atoms with Gasteiger partial charge in [0, 0.05) is 32.1 Å². The van der Waals surface area contributed by atoms with Crippen molar-refractivity contribution in [3.8, 4) is 0 Å². The topological polar surface area (TPSA) is 57.7 Å². The minimum atomic E-state index is -3.69. The Morgan fingerprint density at radius 2 is 1.57 bits per heavy atom. The van der Waals surface area contributed by atoms with Crippen molar-refractivity contribution in [1.82, 2.24) is 9.21 Å². The van der Waals surface area contributed by atoms with Crippen molar-refractivity contribution < 1.29 is 17.6 Å². The third-order valence-electron chi connectivity index (χ3n) is 5.70. The molecule has 28 heavy (non-hydrogen) atoms. The van der Waals surface area contributed by atoms with Crippen LogP contribution in [-0.4, -0.2) is 49.7 Å². The van der Waals surface area contributed by atoms with Crippen LogP contribution in [-0.2, 0) is 14.8 Å². The number of amides is 1. The molecular weight excluding hydrogens is 379 g/mol. The molecule has 2 heterocycles. The highest BCUT2D eigenvalue weighted by Gasteiger charge is 2.45. The molecular formula is C21H23FN2O3S. The number of sulfonamides is 1. The van der Waals surface area contributed by atoms with Crippen LogP contribution in [0.4, 0.5) is 4.39 Å². The van der Waals surface area contributed by atoms with Crippen LogP contribution in [0.5, 0.6) is 0 Å². The molecule has 2 aromatic carbocycles. The molecule has 1 amide bonds. The normalized spacial score (nSPS) is 23.2. The molecule has 0 radical (unpaired) electrons. The minimum absolute atomic E-state index is 0.00223. The fraction of sp³-hybridized carbons (Fsp3) is 0.381. The van der Waals surface area contributed by atoms with Gasteiger partial charge in [0.15, 0.2) is 0 Å². The Kier molecular flexibility index (Phi) is 5.21. The third-order valence-corrected chi connectivity index (χ3v) is 7.55. The van der Waals surface area contributed by atoms with Crippen LogP contribution in [0.3, 0.4) is 0 Å². The first-order chi connectivity index (χ1) is 13.5. The van der Waals surface area contributed by atoms with E-state index in [0.717, 1.165) is 31.5 Å². The second-order valence-electron chi connectivity index (χ2n) is 7.43. The summed E-state index contributed by atoms with van der Waals surface area (Å²) in [6.45, 7) is 1.80. The number of hydrogen-bond donors (Lipinski definition) is 0. The fourth-order valence-corrected chi connectivity index (χ4v) is 5.69. The Bertz CT molecular complexity index is 941. The van der Waals surface area contributed by atoms with Crippen molar-refractivity contribution in [2.24, 2.45) is 5.92 Å². The number of carbonyl (C=O) groups excluding carboxylic acids is 1. The van der Waals surface area contributed by atoms with Gasteiger partial charge in [-0.25, -0.2) is 12.8 Å². The standard InChI is InChI=1S/C21H23FN2O3S/c22-17-10-8-16(9-11-17)19-14-24(28(26,27)18-6-2-1-3-7-18)15-20(19)21(25)23-12-4-5-13-23/h1-3,6-11,19-20H,4-5,12-15H2. The quantitative estimate of drug-likeness (QED) is 0.790. The predicted molar refractivity (Wildman–Crippen MR) is 104 cm³/mol. The Labute approximate surface area is 164 Å². The van der Waals surface area contributed by atoms with Gasteiger partial charge in [0.1, 0.15) is 5.82 Å². The molecule has 0 N–H and O–H groups in total. The molecule has 7 heteroatoms. The summed E-state index contributed by atoms with van der Waals surface area (Å²) < 4.78 is 41.0. The van der Waals surface area contributed by atoms with Crippen LogP contribution in [0.1, 0.15) is 24.3 Å². The van der Waals surface area contributed by atoms with Gasteiger partial charge >= 0.3 is 0 Å². The van der Waals surface area contributed by atoms with Gasteiger partial charge in [0.05, 0.1) is 10.8 Å². The summed E-state index contributed by atoms with van der Waals surface area (Å²) in [7, 11) is -3.69. The lowest BCUT2D eigenvalue weighted by Gasteiger charge is -2.24. The summed E-state index contributed by atoms with van der Waals surface area (Å²) in [4.78, 5) is 15.2. The number of rotatable bonds is 4. The molecule has 2 saturated heterocycles. The zero-order chi connectivity index (χ0) is 19.7. The molecule has 0 bridgehead atoms. The lowest BCUT2D eigenvalue weighted by Crippen LogP contribution is -2.37. The predicted octanol–water partition coefficient (Wildman–Crippen LogP) is 2.85. The molecule has 0 saturated carbocycles. The van der Waals surface area contributed by atoms with Crippen LogP contribution >= 0.6 is 0 Å². The average molecular weight is 402 g/mol. The molecule has 148 valence electrons. The van der Waals surface area contributed by atoms with Gasteiger partial charge in [-0.2, -0.15) is 4.31 Å². The van der Waals surface area contributed by atoms with E-state index in [2.05, 4.69) is 0 Å². The Morgan fingerprint density at radius 3 is 2.21 bits per heavy atom. The van der Waals surface area contributed by atoms with Gasteiger partial charge in [-0.15, -0.1) is 0 Å². The van der Waals surface area contributed by atoms with Gasteiger partial charge in [-0.3, -0.25) is 4.79 Å². The molecule has 2 unspecified atom stereocenters. The van der Waals surface area contributed by atoms with Crippen molar-refractivity contribution >= 4 is 15.9 Å². The van der Waals surface area contributed by atoms with E-state index >= 15 is 0 Å². The maximum atomic E-state index is 13.4. The zero-order valence-electron chi connectivity index (χ0n) is 15.5. The van der Waals surface area contributed by atoms with Crippen molar-refractivity contribution in [1.29, 1.82) is 0 Å². The third kappa shape index (κ3) is 3.56. The fourth-order valence-electron chi connectivity index (χ4n) is 4.18. The van der Waals surface area contributed by atoms with E-state index in [4.69, 9.17) is 0 Å².